The van der Waals surface area contributed by atoms with Gasteiger partial charge in [0.2, 0.25) is 5.91 Å². The number of nitrogens with zero attached hydrogens (tertiary/aromatic N) is 4. The number of amides is 1. The number of aryl methyl sites for hydroxylation is 1. The first-order valence-corrected chi connectivity index (χ1v) is 9.64. The second-order valence-corrected chi connectivity index (χ2v) is 7.33. The Hall–Kier alpha value is -2.54. The lowest BCUT2D eigenvalue weighted by Gasteiger charge is -2.35. The van der Waals surface area contributed by atoms with E-state index in [1.165, 1.54) is 17.3 Å². The van der Waals surface area contributed by atoms with Gasteiger partial charge in [-0.3, -0.25) is 4.79 Å². The molecule has 0 spiro atoms. The van der Waals surface area contributed by atoms with Crippen molar-refractivity contribution in [2.45, 2.75) is 37.5 Å². The first kappa shape index (κ1) is 16.9. The smallest absolute Gasteiger partial charge is 0.237 e. The summed E-state index contributed by atoms with van der Waals surface area (Å²) in [6.45, 7) is 2.66. The maximum Gasteiger partial charge on any atom is 0.237 e. The molecular weight excluding hydrogens is 348 g/mol. The highest BCUT2D eigenvalue weighted by Gasteiger charge is 2.28. The first-order valence-electron chi connectivity index (χ1n) is 8.65. The number of carbonyl (C=O) groups is 1. The van der Waals surface area contributed by atoms with Crippen molar-refractivity contribution in [2.75, 3.05) is 10.7 Å². The molecule has 7 heteroatoms. The minimum atomic E-state index is 0.0993. The lowest BCUT2D eigenvalue weighted by atomic mass is 9.97. The average molecular weight is 368 g/mol. The molecular formula is C19H20N4O2S. The second kappa shape index (κ2) is 7.37. The van der Waals surface area contributed by atoms with Crippen molar-refractivity contribution in [3.05, 3.63) is 60.3 Å². The number of para-hydroxylation sites is 1. The van der Waals surface area contributed by atoms with Gasteiger partial charge in [0.15, 0.2) is 5.16 Å². The molecule has 1 atom stereocenters. The largest absolute Gasteiger partial charge is 0.467 e. The number of thioether (sulfide) groups is 1. The molecule has 4 rings (SSSR count). The Labute approximate surface area is 156 Å². The minimum absolute atomic E-state index is 0.0993. The van der Waals surface area contributed by atoms with Crippen molar-refractivity contribution in [3.8, 4) is 0 Å². The summed E-state index contributed by atoms with van der Waals surface area (Å²) in [6.07, 6.45) is 5.31. The molecule has 0 saturated heterocycles. The summed E-state index contributed by atoms with van der Waals surface area (Å²) in [7, 11) is 0. The molecule has 1 aliphatic heterocycles. The third kappa shape index (κ3) is 3.39. The SMILES string of the molecule is C[C@H]1CCc2ccccc2N1C(=O)CSc1nncn1Cc1ccco1. The highest BCUT2D eigenvalue weighted by molar-refractivity contribution is 7.99. The summed E-state index contributed by atoms with van der Waals surface area (Å²) >= 11 is 1.41. The summed E-state index contributed by atoms with van der Waals surface area (Å²) in [5, 5.41) is 8.83. The van der Waals surface area contributed by atoms with E-state index in [0.29, 0.717) is 17.5 Å². The molecule has 26 heavy (non-hydrogen) atoms. The molecule has 3 heterocycles. The fraction of sp³-hybridized carbons (Fsp3) is 0.316. The molecule has 1 amide bonds. The van der Waals surface area contributed by atoms with E-state index in [4.69, 9.17) is 4.42 Å². The molecule has 1 aliphatic rings. The molecule has 0 aliphatic carbocycles. The van der Waals surface area contributed by atoms with Crippen LogP contribution in [-0.2, 0) is 17.8 Å². The third-order valence-corrected chi connectivity index (χ3v) is 5.57. The molecule has 0 fully saturated rings. The monoisotopic (exact) mass is 368 g/mol. The summed E-state index contributed by atoms with van der Waals surface area (Å²) in [6, 6.07) is 12.1. The molecule has 1 aromatic carbocycles. The number of hydrogen-bond donors (Lipinski definition) is 0. The van der Waals surface area contributed by atoms with Gasteiger partial charge in [0.1, 0.15) is 12.1 Å². The van der Waals surface area contributed by atoms with Crippen LogP contribution in [0.3, 0.4) is 0 Å². The zero-order chi connectivity index (χ0) is 17.9. The van der Waals surface area contributed by atoms with E-state index in [1.807, 2.05) is 39.8 Å². The summed E-state index contributed by atoms with van der Waals surface area (Å²) in [4.78, 5) is 14.9. The molecule has 2 aromatic heterocycles. The molecule has 3 aromatic rings. The van der Waals surface area contributed by atoms with Gasteiger partial charge in [-0.1, -0.05) is 30.0 Å². The van der Waals surface area contributed by atoms with Crippen LogP contribution in [0, 0.1) is 0 Å². The van der Waals surface area contributed by atoms with Crippen molar-refractivity contribution >= 4 is 23.4 Å². The van der Waals surface area contributed by atoms with Crippen LogP contribution in [0.1, 0.15) is 24.7 Å². The second-order valence-electron chi connectivity index (χ2n) is 6.39. The quantitative estimate of drug-likeness (QED) is 0.646. The van der Waals surface area contributed by atoms with Gasteiger partial charge in [0.05, 0.1) is 18.6 Å². The van der Waals surface area contributed by atoms with E-state index >= 15 is 0 Å². The van der Waals surface area contributed by atoms with E-state index in [9.17, 15) is 4.79 Å². The number of carbonyl (C=O) groups excluding carboxylic acids is 1. The van der Waals surface area contributed by atoms with Crippen LogP contribution in [0.15, 0.2) is 58.6 Å². The molecule has 0 N–H and O–H groups in total. The third-order valence-electron chi connectivity index (χ3n) is 4.60. The minimum Gasteiger partial charge on any atom is -0.467 e. The Morgan fingerprint density at radius 2 is 2.19 bits per heavy atom. The zero-order valence-electron chi connectivity index (χ0n) is 14.5. The van der Waals surface area contributed by atoms with Crippen LogP contribution in [0.25, 0.3) is 0 Å². The van der Waals surface area contributed by atoms with Crippen molar-refractivity contribution in [1.82, 2.24) is 14.8 Å². The summed E-state index contributed by atoms with van der Waals surface area (Å²) in [5.41, 5.74) is 2.28. The van der Waals surface area contributed by atoms with Crippen LogP contribution in [0.5, 0.6) is 0 Å². The highest BCUT2D eigenvalue weighted by atomic mass is 32.2. The van der Waals surface area contributed by atoms with E-state index in [-0.39, 0.29) is 11.9 Å². The summed E-state index contributed by atoms with van der Waals surface area (Å²) < 4.78 is 7.27. The fourth-order valence-electron chi connectivity index (χ4n) is 3.30. The Morgan fingerprint density at radius 3 is 3.04 bits per heavy atom. The van der Waals surface area contributed by atoms with Crippen molar-refractivity contribution in [2.24, 2.45) is 0 Å². The molecule has 0 bridgehead atoms. The number of hydrogen-bond acceptors (Lipinski definition) is 5. The van der Waals surface area contributed by atoms with Crippen LogP contribution < -0.4 is 4.90 Å². The lowest BCUT2D eigenvalue weighted by molar-refractivity contribution is -0.116. The maximum atomic E-state index is 12.9. The van der Waals surface area contributed by atoms with Gasteiger partial charge in [-0.05, 0) is 43.5 Å². The van der Waals surface area contributed by atoms with Gasteiger partial charge in [-0.2, -0.15) is 0 Å². The van der Waals surface area contributed by atoms with Gasteiger partial charge < -0.3 is 13.9 Å². The lowest BCUT2D eigenvalue weighted by Crippen LogP contribution is -2.43. The van der Waals surface area contributed by atoms with E-state index in [0.717, 1.165) is 24.3 Å². The topological polar surface area (TPSA) is 64.2 Å². The number of furan rings is 1. The van der Waals surface area contributed by atoms with E-state index < -0.39 is 0 Å². The van der Waals surface area contributed by atoms with Crippen LogP contribution in [0.4, 0.5) is 5.69 Å². The van der Waals surface area contributed by atoms with Crippen molar-refractivity contribution in [1.29, 1.82) is 0 Å². The standard InChI is InChI=1S/C19H20N4O2S/c1-14-8-9-15-5-2-3-7-17(15)23(14)18(24)12-26-19-21-20-13-22(19)11-16-6-4-10-25-16/h2-7,10,13-14H,8-9,11-12H2,1H3/t14-/m0/s1. The predicted molar refractivity (Wildman–Crippen MR) is 100 cm³/mol. The van der Waals surface area contributed by atoms with Crippen LogP contribution in [0.2, 0.25) is 0 Å². The number of rotatable bonds is 5. The molecule has 6 nitrogen and oxygen atoms in total. The van der Waals surface area contributed by atoms with Crippen LogP contribution in [-0.4, -0.2) is 32.5 Å². The zero-order valence-corrected chi connectivity index (χ0v) is 15.4. The molecule has 0 unspecified atom stereocenters. The highest BCUT2D eigenvalue weighted by Crippen LogP contribution is 2.31. The van der Waals surface area contributed by atoms with Crippen molar-refractivity contribution in [3.63, 3.8) is 0 Å². The summed E-state index contributed by atoms with van der Waals surface area (Å²) in [5.74, 6) is 1.26. The average Bonchev–Trinajstić information content (AvgIpc) is 3.32. The normalized spacial score (nSPS) is 16.5. The van der Waals surface area contributed by atoms with Gasteiger partial charge in [0.25, 0.3) is 0 Å². The fourth-order valence-corrected chi connectivity index (χ4v) is 4.07. The number of aromatic nitrogens is 3. The maximum absolute atomic E-state index is 12.9. The molecule has 134 valence electrons. The Balaban J connectivity index is 1.46. The Morgan fingerprint density at radius 1 is 1.31 bits per heavy atom. The van der Waals surface area contributed by atoms with Crippen molar-refractivity contribution < 1.29 is 9.21 Å². The van der Waals surface area contributed by atoms with E-state index in [1.54, 1.807) is 12.6 Å². The number of anilines is 1. The number of fused-ring (bicyclic) bond motifs is 1. The van der Waals surface area contributed by atoms with Gasteiger partial charge in [-0.25, -0.2) is 0 Å². The van der Waals surface area contributed by atoms with Gasteiger partial charge in [0, 0.05) is 11.7 Å². The van der Waals surface area contributed by atoms with Crippen LogP contribution >= 0.6 is 11.8 Å². The van der Waals surface area contributed by atoms with E-state index in [2.05, 4.69) is 23.2 Å². The first-order chi connectivity index (χ1) is 12.7. The van der Waals surface area contributed by atoms with Gasteiger partial charge >= 0.3 is 0 Å². The Kier molecular flexibility index (Phi) is 4.79. The Bertz CT molecular complexity index is 891. The number of benzene rings is 1. The molecule has 0 saturated carbocycles. The predicted octanol–water partition coefficient (Wildman–Crippen LogP) is 3.38. The van der Waals surface area contributed by atoms with Gasteiger partial charge in [-0.15, -0.1) is 10.2 Å². The molecule has 0 radical (unpaired) electrons.